The average molecular weight is 140 g/mol. The molecule has 0 unspecified atom stereocenters. The molecule has 0 saturated heterocycles. The smallest absolute Gasteiger partial charge is 0.333 e. The van der Waals surface area contributed by atoms with Crippen LogP contribution in [0.5, 0.6) is 0 Å². The Morgan fingerprint density at radius 3 is 2.70 bits per heavy atom. The summed E-state index contributed by atoms with van der Waals surface area (Å²) in [4.78, 5) is 10.7. The Kier molecular flexibility index (Phi) is 4.29. The molecule has 0 fully saturated rings. The van der Waals surface area contributed by atoms with E-state index in [1.807, 2.05) is 0 Å². The highest BCUT2D eigenvalue weighted by Crippen LogP contribution is 1.97. The zero-order valence-electron chi connectivity index (χ0n) is 6.39. The number of hydrogen-bond donors (Lipinski definition) is 0. The minimum atomic E-state index is -0.276. The number of hydrogen-bond acceptors (Lipinski definition) is 2. The molecule has 56 valence electrons. The fraction of sp³-hybridized carbons (Fsp3) is 0.375. The molecule has 0 N–H and O–H groups in total. The van der Waals surface area contributed by atoms with Crippen LogP contribution in [0.3, 0.4) is 0 Å². The number of ether oxygens (including phenoxy) is 1. The lowest BCUT2D eigenvalue weighted by molar-refractivity contribution is -0.136. The fourth-order valence-electron chi connectivity index (χ4n) is 0.504. The van der Waals surface area contributed by atoms with Gasteiger partial charge >= 0.3 is 5.97 Å². The standard InChI is InChI=1S/C8H12O2/c1-4-5-6-7(2)8(9)10-3/h4,6H,1,5H2,2-3H3/b7-6+. The minimum absolute atomic E-state index is 0.276. The van der Waals surface area contributed by atoms with E-state index in [-0.39, 0.29) is 5.97 Å². The first-order chi connectivity index (χ1) is 4.72. The third-order valence-electron chi connectivity index (χ3n) is 1.10. The van der Waals surface area contributed by atoms with E-state index in [2.05, 4.69) is 11.3 Å². The first-order valence-electron chi connectivity index (χ1n) is 3.08. The molecule has 0 heterocycles. The second-order valence-corrected chi connectivity index (χ2v) is 1.90. The molecule has 0 aliphatic carbocycles. The Morgan fingerprint density at radius 2 is 2.30 bits per heavy atom. The summed E-state index contributed by atoms with van der Waals surface area (Å²) in [5.74, 6) is -0.276. The lowest BCUT2D eigenvalue weighted by Crippen LogP contribution is -2.00. The molecule has 0 aromatic rings. The van der Waals surface area contributed by atoms with Crippen LogP contribution < -0.4 is 0 Å². The van der Waals surface area contributed by atoms with Gasteiger partial charge in [0.1, 0.15) is 0 Å². The van der Waals surface area contributed by atoms with E-state index in [1.165, 1.54) is 7.11 Å². The Bertz CT molecular complexity index is 157. The topological polar surface area (TPSA) is 26.3 Å². The van der Waals surface area contributed by atoms with Gasteiger partial charge in [-0.2, -0.15) is 0 Å². The minimum Gasteiger partial charge on any atom is -0.466 e. The quantitative estimate of drug-likeness (QED) is 0.338. The molecular weight excluding hydrogens is 128 g/mol. The number of carbonyl (C=O) groups excluding carboxylic acids is 1. The normalized spacial score (nSPS) is 10.8. The summed E-state index contributed by atoms with van der Waals surface area (Å²) in [6.07, 6.45) is 4.21. The Balaban J connectivity index is 3.91. The zero-order chi connectivity index (χ0) is 7.98. The van der Waals surface area contributed by atoms with Crippen molar-refractivity contribution in [2.45, 2.75) is 13.3 Å². The molecule has 0 amide bonds. The zero-order valence-corrected chi connectivity index (χ0v) is 6.39. The summed E-state index contributed by atoms with van der Waals surface area (Å²) in [5, 5.41) is 0. The molecule has 10 heavy (non-hydrogen) atoms. The summed E-state index contributed by atoms with van der Waals surface area (Å²) in [7, 11) is 1.37. The van der Waals surface area contributed by atoms with Crippen LogP contribution in [0.15, 0.2) is 24.3 Å². The largest absolute Gasteiger partial charge is 0.466 e. The predicted molar refractivity (Wildman–Crippen MR) is 40.6 cm³/mol. The molecule has 0 saturated carbocycles. The van der Waals surface area contributed by atoms with Gasteiger partial charge in [-0.1, -0.05) is 12.2 Å². The van der Waals surface area contributed by atoms with Crippen molar-refractivity contribution in [3.63, 3.8) is 0 Å². The third kappa shape index (κ3) is 3.07. The maximum atomic E-state index is 10.7. The van der Waals surface area contributed by atoms with E-state index in [4.69, 9.17) is 0 Å². The second-order valence-electron chi connectivity index (χ2n) is 1.90. The fourth-order valence-corrected chi connectivity index (χ4v) is 0.504. The maximum Gasteiger partial charge on any atom is 0.333 e. The first-order valence-corrected chi connectivity index (χ1v) is 3.08. The Hall–Kier alpha value is -1.05. The van der Waals surface area contributed by atoms with Crippen molar-refractivity contribution in [3.8, 4) is 0 Å². The van der Waals surface area contributed by atoms with Crippen LogP contribution in [-0.4, -0.2) is 13.1 Å². The summed E-state index contributed by atoms with van der Waals surface area (Å²) in [6.45, 7) is 5.24. The monoisotopic (exact) mass is 140 g/mol. The van der Waals surface area contributed by atoms with Gasteiger partial charge in [0.2, 0.25) is 0 Å². The molecule has 2 nitrogen and oxygen atoms in total. The molecule has 0 aliphatic rings. The van der Waals surface area contributed by atoms with Crippen molar-refractivity contribution in [3.05, 3.63) is 24.3 Å². The molecule has 0 atom stereocenters. The highest BCUT2D eigenvalue weighted by Gasteiger charge is 1.99. The third-order valence-corrected chi connectivity index (χ3v) is 1.10. The van der Waals surface area contributed by atoms with Crippen LogP contribution in [0.4, 0.5) is 0 Å². The summed E-state index contributed by atoms with van der Waals surface area (Å²) in [6, 6.07) is 0. The summed E-state index contributed by atoms with van der Waals surface area (Å²) >= 11 is 0. The first kappa shape index (κ1) is 8.95. The number of carbonyl (C=O) groups is 1. The van der Waals surface area contributed by atoms with Crippen molar-refractivity contribution in [1.82, 2.24) is 0 Å². The van der Waals surface area contributed by atoms with Crippen LogP contribution in [0.1, 0.15) is 13.3 Å². The SMILES string of the molecule is C=CC/C=C(\C)C(=O)OC. The van der Waals surface area contributed by atoms with E-state index in [1.54, 1.807) is 19.1 Å². The highest BCUT2D eigenvalue weighted by atomic mass is 16.5. The van der Waals surface area contributed by atoms with Crippen molar-refractivity contribution >= 4 is 5.97 Å². The lowest BCUT2D eigenvalue weighted by Gasteiger charge is -1.95. The van der Waals surface area contributed by atoms with Crippen LogP contribution in [0, 0.1) is 0 Å². The number of allylic oxidation sites excluding steroid dienone is 2. The van der Waals surface area contributed by atoms with Crippen molar-refractivity contribution in [2.75, 3.05) is 7.11 Å². The van der Waals surface area contributed by atoms with Gasteiger partial charge in [-0.15, -0.1) is 6.58 Å². The van der Waals surface area contributed by atoms with Gasteiger partial charge in [0, 0.05) is 5.57 Å². The van der Waals surface area contributed by atoms with Crippen LogP contribution in [0.2, 0.25) is 0 Å². The molecule has 0 aromatic carbocycles. The molecular formula is C8H12O2. The van der Waals surface area contributed by atoms with E-state index < -0.39 is 0 Å². The lowest BCUT2D eigenvalue weighted by atomic mass is 10.2. The van der Waals surface area contributed by atoms with Crippen molar-refractivity contribution < 1.29 is 9.53 Å². The molecule has 0 rings (SSSR count). The van der Waals surface area contributed by atoms with Gasteiger partial charge in [-0.25, -0.2) is 4.79 Å². The molecule has 2 heteroatoms. The van der Waals surface area contributed by atoms with Gasteiger partial charge in [0.15, 0.2) is 0 Å². The maximum absolute atomic E-state index is 10.7. The molecule has 0 aromatic heterocycles. The summed E-state index contributed by atoms with van der Waals surface area (Å²) in [5.41, 5.74) is 0.627. The van der Waals surface area contributed by atoms with E-state index in [0.717, 1.165) is 0 Å². The van der Waals surface area contributed by atoms with Gasteiger partial charge < -0.3 is 4.74 Å². The summed E-state index contributed by atoms with van der Waals surface area (Å²) < 4.78 is 4.47. The average Bonchev–Trinajstić information content (AvgIpc) is 1.98. The Morgan fingerprint density at radius 1 is 1.70 bits per heavy atom. The van der Waals surface area contributed by atoms with Crippen molar-refractivity contribution in [1.29, 1.82) is 0 Å². The number of esters is 1. The van der Waals surface area contributed by atoms with Gasteiger partial charge in [0.05, 0.1) is 7.11 Å². The van der Waals surface area contributed by atoms with Gasteiger partial charge in [0.25, 0.3) is 0 Å². The highest BCUT2D eigenvalue weighted by molar-refractivity contribution is 5.87. The number of rotatable bonds is 3. The molecule has 0 aliphatic heterocycles. The van der Waals surface area contributed by atoms with E-state index in [0.29, 0.717) is 12.0 Å². The van der Waals surface area contributed by atoms with Crippen LogP contribution in [0.25, 0.3) is 0 Å². The Labute approximate surface area is 61.2 Å². The van der Waals surface area contributed by atoms with E-state index >= 15 is 0 Å². The van der Waals surface area contributed by atoms with E-state index in [9.17, 15) is 4.79 Å². The second kappa shape index (κ2) is 4.79. The van der Waals surface area contributed by atoms with Gasteiger partial charge in [-0.3, -0.25) is 0 Å². The molecule has 0 bridgehead atoms. The van der Waals surface area contributed by atoms with Crippen LogP contribution in [-0.2, 0) is 9.53 Å². The number of methoxy groups -OCH3 is 1. The van der Waals surface area contributed by atoms with Crippen molar-refractivity contribution in [2.24, 2.45) is 0 Å². The predicted octanol–water partition coefficient (Wildman–Crippen LogP) is 1.68. The van der Waals surface area contributed by atoms with Crippen LogP contribution >= 0.6 is 0 Å². The molecule has 0 spiro atoms. The molecule has 0 radical (unpaired) electrons. The van der Waals surface area contributed by atoms with Gasteiger partial charge in [-0.05, 0) is 13.3 Å².